The normalized spacial score (nSPS) is 19.1. The van der Waals surface area contributed by atoms with Crippen molar-refractivity contribution in [1.29, 1.82) is 0 Å². The van der Waals surface area contributed by atoms with Crippen LogP contribution in [0.5, 0.6) is 0 Å². The molecule has 5 nitrogen and oxygen atoms in total. The maximum absolute atomic E-state index is 12.6. The predicted octanol–water partition coefficient (Wildman–Crippen LogP) is 3.20. The average Bonchev–Trinajstić information content (AvgIpc) is 3.14. The fourth-order valence-corrected chi connectivity index (χ4v) is 3.69. The molecule has 0 saturated carbocycles. The summed E-state index contributed by atoms with van der Waals surface area (Å²) in [4.78, 5) is 19.0. The van der Waals surface area contributed by atoms with E-state index in [2.05, 4.69) is 10.3 Å². The summed E-state index contributed by atoms with van der Waals surface area (Å²) in [5.74, 6) is 0.407. The largest absolute Gasteiger partial charge is 0.449 e. The third-order valence-corrected chi connectivity index (χ3v) is 5.17. The Balaban J connectivity index is 0.00000104. The lowest BCUT2D eigenvalue weighted by Crippen LogP contribution is -2.43. The minimum absolute atomic E-state index is 0. The standard InChI is InChI=1S/C17H21N3O2.2ClH/c1-12-2-3-14-13(19-12)10-15(22-14)16(21)20-8-5-17(6-9-20)4-7-18-11-17;;/h2-3,10,18H,4-9,11H2,1H3;2*1H. The average molecular weight is 372 g/mol. The van der Waals surface area contributed by atoms with Crippen LogP contribution in [0, 0.1) is 12.3 Å². The van der Waals surface area contributed by atoms with E-state index >= 15 is 0 Å². The number of carbonyl (C=O) groups is 1. The Morgan fingerprint density at radius 2 is 2.00 bits per heavy atom. The fraction of sp³-hybridized carbons (Fsp3) is 0.529. The highest BCUT2D eigenvalue weighted by atomic mass is 35.5. The predicted molar refractivity (Wildman–Crippen MR) is 98.3 cm³/mol. The van der Waals surface area contributed by atoms with E-state index in [4.69, 9.17) is 4.42 Å². The number of aryl methyl sites for hydroxylation is 1. The maximum atomic E-state index is 12.6. The lowest BCUT2D eigenvalue weighted by atomic mass is 9.78. The van der Waals surface area contributed by atoms with E-state index in [-0.39, 0.29) is 30.7 Å². The summed E-state index contributed by atoms with van der Waals surface area (Å²) in [5.41, 5.74) is 2.80. The number of pyridine rings is 1. The summed E-state index contributed by atoms with van der Waals surface area (Å²) in [5, 5.41) is 3.45. The molecule has 1 amide bonds. The first-order valence-electron chi connectivity index (χ1n) is 8.03. The van der Waals surface area contributed by atoms with E-state index in [1.807, 2.05) is 24.0 Å². The van der Waals surface area contributed by atoms with Gasteiger partial charge in [0.1, 0.15) is 5.52 Å². The SMILES string of the molecule is Cc1ccc2oc(C(=O)N3CCC4(CCNC4)CC3)cc2n1.Cl.Cl. The zero-order valence-electron chi connectivity index (χ0n) is 13.7. The van der Waals surface area contributed by atoms with E-state index in [1.54, 1.807) is 6.07 Å². The Labute approximate surface area is 154 Å². The lowest BCUT2D eigenvalue weighted by Gasteiger charge is -2.38. The van der Waals surface area contributed by atoms with E-state index in [0.717, 1.165) is 50.2 Å². The molecular weight excluding hydrogens is 349 g/mol. The molecule has 2 saturated heterocycles. The third-order valence-electron chi connectivity index (χ3n) is 5.17. The molecule has 1 N–H and O–H groups in total. The van der Waals surface area contributed by atoms with Crippen molar-refractivity contribution in [2.75, 3.05) is 26.2 Å². The van der Waals surface area contributed by atoms with E-state index in [9.17, 15) is 4.79 Å². The number of nitrogens with one attached hydrogen (secondary N) is 1. The van der Waals surface area contributed by atoms with Crippen molar-refractivity contribution in [3.8, 4) is 0 Å². The number of hydrogen-bond donors (Lipinski definition) is 1. The molecule has 2 aromatic heterocycles. The number of nitrogens with zero attached hydrogens (tertiary/aromatic N) is 2. The number of hydrogen-bond acceptors (Lipinski definition) is 4. The Morgan fingerprint density at radius 1 is 1.25 bits per heavy atom. The summed E-state index contributed by atoms with van der Waals surface area (Å²) in [6.07, 6.45) is 3.41. The summed E-state index contributed by atoms with van der Waals surface area (Å²) in [7, 11) is 0. The van der Waals surface area contributed by atoms with Gasteiger partial charge in [0.25, 0.3) is 5.91 Å². The molecule has 2 aliphatic rings. The minimum atomic E-state index is -0.00328. The molecule has 2 aromatic rings. The number of fused-ring (bicyclic) bond motifs is 1. The second kappa shape index (κ2) is 7.30. The van der Waals surface area contributed by atoms with Gasteiger partial charge in [-0.05, 0) is 50.3 Å². The highest BCUT2D eigenvalue weighted by molar-refractivity contribution is 5.95. The number of amides is 1. The molecule has 1 spiro atoms. The Hall–Kier alpha value is -1.30. The Bertz CT molecular complexity index is 716. The van der Waals surface area contributed by atoms with Gasteiger partial charge in [-0.1, -0.05) is 0 Å². The summed E-state index contributed by atoms with van der Waals surface area (Å²) >= 11 is 0. The monoisotopic (exact) mass is 371 g/mol. The molecule has 0 radical (unpaired) electrons. The molecule has 24 heavy (non-hydrogen) atoms. The van der Waals surface area contributed by atoms with Crippen LogP contribution >= 0.6 is 24.8 Å². The van der Waals surface area contributed by atoms with Crippen molar-refractivity contribution in [2.24, 2.45) is 5.41 Å². The van der Waals surface area contributed by atoms with Gasteiger partial charge in [0, 0.05) is 31.4 Å². The minimum Gasteiger partial charge on any atom is -0.449 e. The van der Waals surface area contributed by atoms with Crippen molar-refractivity contribution in [2.45, 2.75) is 26.2 Å². The first-order valence-corrected chi connectivity index (χ1v) is 8.03. The molecule has 132 valence electrons. The molecule has 2 fully saturated rings. The Morgan fingerprint density at radius 3 is 2.67 bits per heavy atom. The highest BCUT2D eigenvalue weighted by Gasteiger charge is 2.38. The number of carbonyl (C=O) groups excluding carboxylic acids is 1. The van der Waals surface area contributed by atoms with Gasteiger partial charge >= 0.3 is 0 Å². The van der Waals surface area contributed by atoms with Crippen molar-refractivity contribution < 1.29 is 9.21 Å². The lowest BCUT2D eigenvalue weighted by molar-refractivity contribution is 0.0579. The number of furan rings is 1. The number of halogens is 2. The summed E-state index contributed by atoms with van der Waals surface area (Å²) in [6, 6.07) is 5.55. The van der Waals surface area contributed by atoms with Crippen LogP contribution in [-0.2, 0) is 0 Å². The Kier molecular flexibility index (Phi) is 5.78. The molecule has 0 aliphatic carbocycles. The zero-order valence-corrected chi connectivity index (χ0v) is 15.3. The van der Waals surface area contributed by atoms with Gasteiger partial charge in [0.15, 0.2) is 11.3 Å². The molecule has 0 bridgehead atoms. The van der Waals surface area contributed by atoms with Crippen LogP contribution in [0.2, 0.25) is 0 Å². The summed E-state index contributed by atoms with van der Waals surface area (Å²) < 4.78 is 5.69. The number of aromatic nitrogens is 1. The van der Waals surface area contributed by atoms with Crippen LogP contribution in [0.1, 0.15) is 35.5 Å². The van der Waals surface area contributed by atoms with Gasteiger partial charge in [-0.25, -0.2) is 4.98 Å². The van der Waals surface area contributed by atoms with Crippen molar-refractivity contribution in [1.82, 2.24) is 15.2 Å². The quantitative estimate of drug-likeness (QED) is 0.835. The first-order chi connectivity index (χ1) is 10.7. The number of rotatable bonds is 1. The van der Waals surface area contributed by atoms with Crippen molar-refractivity contribution in [3.63, 3.8) is 0 Å². The second-order valence-corrected chi connectivity index (χ2v) is 6.67. The van der Waals surface area contributed by atoms with Crippen LogP contribution in [0.15, 0.2) is 22.6 Å². The van der Waals surface area contributed by atoms with Crippen LogP contribution in [0.25, 0.3) is 11.1 Å². The van der Waals surface area contributed by atoms with E-state index in [1.165, 1.54) is 6.42 Å². The second-order valence-electron chi connectivity index (χ2n) is 6.67. The first kappa shape index (κ1) is 19.0. The van der Waals surface area contributed by atoms with Gasteiger partial charge in [-0.15, -0.1) is 24.8 Å². The smallest absolute Gasteiger partial charge is 0.289 e. The molecule has 7 heteroatoms. The van der Waals surface area contributed by atoms with Gasteiger partial charge in [0.2, 0.25) is 0 Å². The third kappa shape index (κ3) is 3.39. The fourth-order valence-electron chi connectivity index (χ4n) is 3.69. The molecule has 4 heterocycles. The van der Waals surface area contributed by atoms with Crippen LogP contribution < -0.4 is 5.32 Å². The highest BCUT2D eigenvalue weighted by Crippen LogP contribution is 2.37. The van der Waals surface area contributed by atoms with Crippen LogP contribution in [0.3, 0.4) is 0 Å². The van der Waals surface area contributed by atoms with Crippen molar-refractivity contribution in [3.05, 3.63) is 29.7 Å². The molecule has 2 aliphatic heterocycles. The van der Waals surface area contributed by atoms with Crippen LogP contribution in [-0.4, -0.2) is 42.0 Å². The van der Waals surface area contributed by atoms with E-state index < -0.39 is 0 Å². The molecule has 4 rings (SSSR count). The van der Waals surface area contributed by atoms with Gasteiger partial charge in [0.05, 0.1) is 0 Å². The molecule has 0 aromatic carbocycles. The number of likely N-dealkylation sites (tertiary alicyclic amines) is 1. The van der Waals surface area contributed by atoms with Gasteiger partial charge in [-0.3, -0.25) is 4.79 Å². The zero-order chi connectivity index (χ0) is 15.2. The topological polar surface area (TPSA) is 58.4 Å². The van der Waals surface area contributed by atoms with Crippen molar-refractivity contribution >= 4 is 41.8 Å². The molecule has 0 atom stereocenters. The molecular formula is C17H23Cl2N3O2. The number of piperidine rings is 1. The molecule has 0 unspecified atom stereocenters. The maximum Gasteiger partial charge on any atom is 0.289 e. The summed E-state index contributed by atoms with van der Waals surface area (Å²) in [6.45, 7) is 5.80. The van der Waals surface area contributed by atoms with E-state index in [0.29, 0.717) is 16.8 Å². The van der Waals surface area contributed by atoms with Gasteiger partial charge < -0.3 is 14.6 Å². The van der Waals surface area contributed by atoms with Crippen LogP contribution in [0.4, 0.5) is 0 Å². The van der Waals surface area contributed by atoms with Gasteiger partial charge in [-0.2, -0.15) is 0 Å².